The minimum Gasteiger partial charge on any atom is -0.481 e. The smallest absolute Gasteiger partial charge is 0.312 e. The average molecular weight is 253 g/mol. The van der Waals surface area contributed by atoms with Crippen LogP contribution >= 0.6 is 0 Å². The molecule has 0 bridgehead atoms. The summed E-state index contributed by atoms with van der Waals surface area (Å²) in [6.45, 7) is 1.30. The van der Waals surface area contributed by atoms with E-state index in [4.69, 9.17) is 0 Å². The highest BCUT2D eigenvalue weighted by Crippen LogP contribution is 2.36. The Morgan fingerprint density at radius 1 is 1.11 bits per heavy atom. The number of aliphatic carboxylic acids is 1. The number of nitrogens with zero attached hydrogens (tertiary/aromatic N) is 1. The number of hydrogen-bond donors (Lipinski definition) is 1. The molecule has 19 heavy (non-hydrogen) atoms. The number of carboxylic acids is 1. The van der Waals surface area contributed by atoms with Crippen molar-refractivity contribution in [1.82, 2.24) is 0 Å². The summed E-state index contributed by atoms with van der Waals surface area (Å²) in [4.78, 5) is 13.5. The lowest BCUT2D eigenvalue weighted by atomic mass is 10.0. The van der Waals surface area contributed by atoms with E-state index in [-0.39, 0.29) is 0 Å². The quantitative estimate of drug-likeness (QED) is 0.914. The van der Waals surface area contributed by atoms with Crippen molar-refractivity contribution in [2.24, 2.45) is 0 Å². The molecule has 0 saturated carbocycles. The maximum Gasteiger partial charge on any atom is 0.312 e. The Morgan fingerprint density at radius 2 is 1.79 bits per heavy atom. The van der Waals surface area contributed by atoms with Gasteiger partial charge in [0.25, 0.3) is 0 Å². The topological polar surface area (TPSA) is 40.5 Å². The van der Waals surface area contributed by atoms with Gasteiger partial charge in [0, 0.05) is 18.8 Å². The van der Waals surface area contributed by atoms with E-state index in [0.29, 0.717) is 6.54 Å². The van der Waals surface area contributed by atoms with Crippen molar-refractivity contribution in [2.45, 2.75) is 12.5 Å². The molecule has 0 spiro atoms. The Labute approximate surface area is 112 Å². The molecule has 3 heteroatoms. The lowest BCUT2D eigenvalue weighted by Gasteiger charge is -2.19. The van der Waals surface area contributed by atoms with E-state index in [1.807, 2.05) is 42.5 Å². The molecule has 0 aromatic heterocycles. The molecule has 2 aromatic rings. The van der Waals surface area contributed by atoms with E-state index in [2.05, 4.69) is 17.0 Å². The van der Waals surface area contributed by atoms with Crippen molar-refractivity contribution >= 4 is 11.7 Å². The Hall–Kier alpha value is -2.29. The van der Waals surface area contributed by atoms with Crippen LogP contribution in [0.4, 0.5) is 5.69 Å². The number of carboxylic acid groups (broad SMARTS) is 1. The molecule has 1 aliphatic heterocycles. The Bertz CT molecular complexity index is 595. The zero-order valence-electron chi connectivity index (χ0n) is 10.5. The molecule has 1 atom stereocenters. The van der Waals surface area contributed by atoms with Crippen LogP contribution in [0.15, 0.2) is 54.6 Å². The molecule has 3 rings (SSSR count). The van der Waals surface area contributed by atoms with Crippen molar-refractivity contribution in [1.29, 1.82) is 0 Å². The van der Waals surface area contributed by atoms with Crippen LogP contribution in [-0.2, 0) is 11.3 Å². The third-order valence-corrected chi connectivity index (χ3v) is 3.57. The number of hydrogen-bond acceptors (Lipinski definition) is 2. The van der Waals surface area contributed by atoms with Crippen LogP contribution in [-0.4, -0.2) is 17.6 Å². The zero-order chi connectivity index (χ0) is 13.2. The highest BCUT2D eigenvalue weighted by Gasteiger charge is 2.32. The summed E-state index contributed by atoms with van der Waals surface area (Å²) >= 11 is 0. The molecule has 1 aliphatic rings. The molecule has 0 saturated heterocycles. The van der Waals surface area contributed by atoms with E-state index < -0.39 is 11.9 Å². The fraction of sp³-hybridized carbons (Fsp3) is 0.188. The highest BCUT2D eigenvalue weighted by molar-refractivity contribution is 5.82. The van der Waals surface area contributed by atoms with Gasteiger partial charge in [-0.1, -0.05) is 48.5 Å². The van der Waals surface area contributed by atoms with Crippen LogP contribution in [0.5, 0.6) is 0 Å². The molecule has 1 unspecified atom stereocenters. The molecule has 0 aliphatic carbocycles. The predicted molar refractivity (Wildman–Crippen MR) is 74.3 cm³/mol. The monoisotopic (exact) mass is 253 g/mol. The van der Waals surface area contributed by atoms with Gasteiger partial charge in [0.05, 0.1) is 0 Å². The number of para-hydroxylation sites is 1. The van der Waals surface area contributed by atoms with Crippen molar-refractivity contribution < 1.29 is 9.90 Å². The molecule has 1 heterocycles. The maximum atomic E-state index is 11.3. The molecule has 0 fully saturated rings. The Kier molecular flexibility index (Phi) is 2.95. The molecular weight excluding hydrogens is 238 g/mol. The number of benzene rings is 2. The largest absolute Gasteiger partial charge is 0.481 e. The fourth-order valence-corrected chi connectivity index (χ4v) is 2.65. The van der Waals surface area contributed by atoms with Gasteiger partial charge in [-0.2, -0.15) is 0 Å². The second-order valence-corrected chi connectivity index (χ2v) is 4.82. The van der Waals surface area contributed by atoms with Gasteiger partial charge in [0.1, 0.15) is 5.92 Å². The lowest BCUT2D eigenvalue weighted by molar-refractivity contribution is -0.138. The molecule has 0 amide bonds. The third-order valence-electron chi connectivity index (χ3n) is 3.57. The van der Waals surface area contributed by atoms with Gasteiger partial charge in [-0.15, -0.1) is 0 Å². The number of anilines is 1. The number of carbonyl (C=O) groups is 1. The standard InChI is InChI=1S/C16H15NO2/c18-16(19)14-11-17(10-12-6-2-1-3-7-12)15-9-5-4-8-13(14)15/h1-9,14H,10-11H2,(H,18,19). The first-order valence-electron chi connectivity index (χ1n) is 6.36. The van der Waals surface area contributed by atoms with Crippen LogP contribution in [0.25, 0.3) is 0 Å². The summed E-state index contributed by atoms with van der Waals surface area (Å²) < 4.78 is 0. The molecule has 0 radical (unpaired) electrons. The van der Waals surface area contributed by atoms with Crippen molar-refractivity contribution in [3.05, 3.63) is 65.7 Å². The second-order valence-electron chi connectivity index (χ2n) is 4.82. The molecule has 1 N–H and O–H groups in total. The molecule has 96 valence electrons. The van der Waals surface area contributed by atoms with E-state index in [0.717, 1.165) is 17.8 Å². The fourth-order valence-electron chi connectivity index (χ4n) is 2.65. The van der Waals surface area contributed by atoms with Crippen molar-refractivity contribution in [2.75, 3.05) is 11.4 Å². The van der Waals surface area contributed by atoms with E-state index in [1.165, 1.54) is 5.56 Å². The summed E-state index contributed by atoms with van der Waals surface area (Å²) in [7, 11) is 0. The minimum absolute atomic E-state index is 0.417. The second kappa shape index (κ2) is 4.76. The van der Waals surface area contributed by atoms with Crippen LogP contribution < -0.4 is 4.90 Å². The van der Waals surface area contributed by atoms with Gasteiger partial charge in [-0.05, 0) is 17.2 Å². The summed E-state index contributed by atoms with van der Waals surface area (Å²) in [5.74, 6) is -1.16. The van der Waals surface area contributed by atoms with Crippen molar-refractivity contribution in [3.63, 3.8) is 0 Å². The lowest BCUT2D eigenvalue weighted by Crippen LogP contribution is -2.24. The molecular formula is C16H15NO2. The van der Waals surface area contributed by atoms with Gasteiger partial charge < -0.3 is 10.0 Å². The van der Waals surface area contributed by atoms with Crippen LogP contribution in [0.3, 0.4) is 0 Å². The Balaban J connectivity index is 1.91. The number of fused-ring (bicyclic) bond motifs is 1. The SMILES string of the molecule is O=C(O)C1CN(Cc2ccccc2)c2ccccc21. The van der Waals surface area contributed by atoms with Gasteiger partial charge >= 0.3 is 5.97 Å². The van der Waals surface area contributed by atoms with Gasteiger partial charge in [0.2, 0.25) is 0 Å². The summed E-state index contributed by atoms with van der Waals surface area (Å²) in [5.41, 5.74) is 3.16. The summed E-state index contributed by atoms with van der Waals surface area (Å²) in [6.07, 6.45) is 0. The molecule has 3 nitrogen and oxygen atoms in total. The maximum absolute atomic E-state index is 11.3. The third kappa shape index (κ3) is 2.19. The van der Waals surface area contributed by atoms with Crippen LogP contribution in [0.2, 0.25) is 0 Å². The summed E-state index contributed by atoms with van der Waals surface area (Å²) in [5, 5.41) is 9.32. The first-order valence-corrected chi connectivity index (χ1v) is 6.36. The van der Waals surface area contributed by atoms with E-state index >= 15 is 0 Å². The minimum atomic E-state index is -0.747. The van der Waals surface area contributed by atoms with Crippen LogP contribution in [0, 0.1) is 0 Å². The van der Waals surface area contributed by atoms with Crippen LogP contribution in [0.1, 0.15) is 17.0 Å². The molecule has 2 aromatic carbocycles. The first kappa shape index (κ1) is 11.8. The predicted octanol–water partition coefficient (Wildman–Crippen LogP) is 2.88. The van der Waals surface area contributed by atoms with Gasteiger partial charge in [-0.25, -0.2) is 0 Å². The summed E-state index contributed by atoms with van der Waals surface area (Å²) in [6, 6.07) is 17.9. The van der Waals surface area contributed by atoms with Gasteiger partial charge in [0.15, 0.2) is 0 Å². The van der Waals surface area contributed by atoms with E-state index in [9.17, 15) is 9.90 Å². The highest BCUT2D eigenvalue weighted by atomic mass is 16.4. The number of rotatable bonds is 3. The van der Waals surface area contributed by atoms with Gasteiger partial charge in [-0.3, -0.25) is 4.79 Å². The van der Waals surface area contributed by atoms with E-state index in [1.54, 1.807) is 0 Å². The average Bonchev–Trinajstić information content (AvgIpc) is 2.79. The zero-order valence-corrected chi connectivity index (χ0v) is 10.5. The first-order chi connectivity index (χ1) is 9.25. The normalized spacial score (nSPS) is 17.3. The van der Waals surface area contributed by atoms with Crippen molar-refractivity contribution in [3.8, 4) is 0 Å². The Morgan fingerprint density at radius 3 is 2.53 bits per heavy atom.